The summed E-state index contributed by atoms with van der Waals surface area (Å²) in [7, 11) is 0. The molecule has 2 aliphatic rings. The quantitative estimate of drug-likeness (QED) is 0.718. The van der Waals surface area contributed by atoms with Crippen molar-refractivity contribution in [3.8, 4) is 0 Å². The highest BCUT2D eigenvalue weighted by Crippen LogP contribution is 2.22. The van der Waals surface area contributed by atoms with E-state index >= 15 is 0 Å². The summed E-state index contributed by atoms with van der Waals surface area (Å²) < 4.78 is 5.32. The van der Waals surface area contributed by atoms with Gasteiger partial charge in [-0.1, -0.05) is 6.42 Å². The van der Waals surface area contributed by atoms with Crippen molar-refractivity contribution in [2.24, 2.45) is 0 Å². The summed E-state index contributed by atoms with van der Waals surface area (Å²) >= 11 is 0. The second kappa shape index (κ2) is 4.84. The summed E-state index contributed by atoms with van der Waals surface area (Å²) in [6.07, 6.45) is 4.84. The van der Waals surface area contributed by atoms with Crippen LogP contribution in [0.2, 0.25) is 0 Å². The van der Waals surface area contributed by atoms with Crippen molar-refractivity contribution in [1.82, 2.24) is 4.90 Å². The fraction of sp³-hybridized carbons (Fsp3) is 0.909. The van der Waals surface area contributed by atoms with Crippen molar-refractivity contribution in [2.45, 2.75) is 50.7 Å². The van der Waals surface area contributed by atoms with Crippen molar-refractivity contribution in [3.05, 3.63) is 0 Å². The molecule has 1 saturated carbocycles. The van der Waals surface area contributed by atoms with Gasteiger partial charge in [-0.2, -0.15) is 0 Å². The minimum absolute atomic E-state index is 0.238. The largest absolute Gasteiger partial charge is 0.443 e. The molecule has 1 saturated heterocycles. The number of hydrogen-bond donors (Lipinski definition) is 1. The van der Waals surface area contributed by atoms with Gasteiger partial charge in [-0.3, -0.25) is 0 Å². The zero-order valence-electron chi connectivity index (χ0n) is 9.02. The highest BCUT2D eigenvalue weighted by molar-refractivity contribution is 5.68. The molecule has 0 aromatic heterocycles. The molecule has 0 radical (unpaired) electrons. The van der Waals surface area contributed by atoms with Gasteiger partial charge in [-0.25, -0.2) is 4.79 Å². The van der Waals surface area contributed by atoms with Crippen LogP contribution in [0.15, 0.2) is 0 Å². The first-order valence-corrected chi connectivity index (χ1v) is 5.91. The lowest BCUT2D eigenvalue weighted by molar-refractivity contribution is -0.0310. The predicted molar refractivity (Wildman–Crippen MR) is 55.6 cm³/mol. The SMILES string of the molecule is O=C(O[C@@H]1CCCC[C@@H]1O)N1CCCC1. The lowest BCUT2D eigenvalue weighted by Crippen LogP contribution is -2.38. The summed E-state index contributed by atoms with van der Waals surface area (Å²) in [6, 6.07) is 0. The lowest BCUT2D eigenvalue weighted by atomic mass is 9.95. The smallest absolute Gasteiger partial charge is 0.410 e. The van der Waals surface area contributed by atoms with Gasteiger partial charge in [0.15, 0.2) is 0 Å². The number of ether oxygens (including phenoxy) is 1. The Hall–Kier alpha value is -0.770. The van der Waals surface area contributed by atoms with E-state index in [0.717, 1.165) is 51.6 Å². The van der Waals surface area contributed by atoms with Crippen LogP contribution < -0.4 is 0 Å². The second-order valence-electron chi connectivity index (χ2n) is 4.47. The Kier molecular flexibility index (Phi) is 3.46. The van der Waals surface area contributed by atoms with Crippen molar-refractivity contribution in [3.63, 3.8) is 0 Å². The van der Waals surface area contributed by atoms with Crippen LogP contribution in [-0.2, 0) is 4.74 Å². The van der Waals surface area contributed by atoms with Gasteiger partial charge in [0.25, 0.3) is 0 Å². The second-order valence-corrected chi connectivity index (χ2v) is 4.47. The number of hydrogen-bond acceptors (Lipinski definition) is 3. The number of likely N-dealkylation sites (tertiary alicyclic amines) is 1. The van der Waals surface area contributed by atoms with E-state index < -0.39 is 6.10 Å². The third-order valence-corrected chi connectivity index (χ3v) is 3.28. The van der Waals surface area contributed by atoms with E-state index in [2.05, 4.69) is 0 Å². The molecule has 1 N–H and O–H groups in total. The summed E-state index contributed by atoms with van der Waals surface area (Å²) in [5, 5.41) is 9.66. The molecule has 1 amide bonds. The summed E-state index contributed by atoms with van der Waals surface area (Å²) in [6.45, 7) is 1.61. The molecule has 2 atom stereocenters. The first-order chi connectivity index (χ1) is 7.27. The number of rotatable bonds is 1. The molecule has 0 spiro atoms. The fourth-order valence-electron chi connectivity index (χ4n) is 2.32. The van der Waals surface area contributed by atoms with Gasteiger partial charge < -0.3 is 14.7 Å². The molecule has 4 nitrogen and oxygen atoms in total. The van der Waals surface area contributed by atoms with Crippen LogP contribution in [0.3, 0.4) is 0 Å². The van der Waals surface area contributed by atoms with E-state index in [9.17, 15) is 9.90 Å². The normalized spacial score (nSPS) is 31.7. The van der Waals surface area contributed by atoms with Crippen molar-refractivity contribution in [1.29, 1.82) is 0 Å². The highest BCUT2D eigenvalue weighted by Gasteiger charge is 2.29. The topological polar surface area (TPSA) is 49.8 Å². The third kappa shape index (κ3) is 2.62. The van der Waals surface area contributed by atoms with E-state index in [1.54, 1.807) is 4.90 Å². The minimum atomic E-state index is -0.453. The Morgan fingerprint density at radius 1 is 1.13 bits per heavy atom. The lowest BCUT2D eigenvalue weighted by Gasteiger charge is -2.28. The maximum atomic E-state index is 11.7. The van der Waals surface area contributed by atoms with Crippen LogP contribution in [0.5, 0.6) is 0 Å². The number of carbonyl (C=O) groups excluding carboxylic acids is 1. The molecule has 0 aromatic rings. The molecule has 86 valence electrons. The predicted octanol–water partition coefficient (Wildman–Crippen LogP) is 1.52. The molecule has 1 aliphatic carbocycles. The van der Waals surface area contributed by atoms with Gasteiger partial charge in [0, 0.05) is 13.1 Å². The average Bonchev–Trinajstić information content (AvgIpc) is 2.74. The van der Waals surface area contributed by atoms with E-state index in [4.69, 9.17) is 4.74 Å². The number of aliphatic hydroxyl groups excluding tert-OH is 1. The number of amides is 1. The molecule has 0 bridgehead atoms. The molecular weight excluding hydrogens is 194 g/mol. The van der Waals surface area contributed by atoms with E-state index in [1.165, 1.54) is 0 Å². The summed E-state index contributed by atoms with van der Waals surface area (Å²) in [4.78, 5) is 13.4. The van der Waals surface area contributed by atoms with Crippen molar-refractivity contribution >= 4 is 6.09 Å². The Labute approximate surface area is 90.2 Å². The van der Waals surface area contributed by atoms with Gasteiger partial charge >= 0.3 is 6.09 Å². The van der Waals surface area contributed by atoms with Crippen LogP contribution in [0.25, 0.3) is 0 Å². The molecule has 1 aliphatic heterocycles. The van der Waals surface area contributed by atoms with Crippen LogP contribution in [0.1, 0.15) is 38.5 Å². The van der Waals surface area contributed by atoms with Crippen molar-refractivity contribution in [2.75, 3.05) is 13.1 Å². The summed E-state index contributed by atoms with van der Waals surface area (Å²) in [5.41, 5.74) is 0. The average molecular weight is 213 g/mol. The number of nitrogens with zero attached hydrogens (tertiary/aromatic N) is 1. The van der Waals surface area contributed by atoms with Crippen LogP contribution in [-0.4, -0.2) is 41.4 Å². The zero-order chi connectivity index (χ0) is 10.7. The molecule has 4 heteroatoms. The minimum Gasteiger partial charge on any atom is -0.443 e. The van der Waals surface area contributed by atoms with Crippen LogP contribution >= 0.6 is 0 Å². The van der Waals surface area contributed by atoms with E-state index in [1.807, 2.05) is 0 Å². The van der Waals surface area contributed by atoms with Crippen molar-refractivity contribution < 1.29 is 14.6 Å². The third-order valence-electron chi connectivity index (χ3n) is 3.28. The molecular formula is C11H19NO3. The maximum Gasteiger partial charge on any atom is 0.410 e. The van der Waals surface area contributed by atoms with Crippen LogP contribution in [0, 0.1) is 0 Å². The molecule has 0 unspecified atom stereocenters. The van der Waals surface area contributed by atoms with Gasteiger partial charge in [0.2, 0.25) is 0 Å². The molecule has 0 aromatic carbocycles. The van der Waals surface area contributed by atoms with Gasteiger partial charge in [0.1, 0.15) is 6.10 Å². The Morgan fingerprint density at radius 2 is 1.80 bits per heavy atom. The number of carbonyl (C=O) groups is 1. The van der Waals surface area contributed by atoms with Gasteiger partial charge in [0.05, 0.1) is 6.10 Å². The Morgan fingerprint density at radius 3 is 2.47 bits per heavy atom. The first-order valence-electron chi connectivity index (χ1n) is 5.91. The van der Waals surface area contributed by atoms with Crippen LogP contribution in [0.4, 0.5) is 4.79 Å². The first kappa shape index (κ1) is 10.7. The fourth-order valence-corrected chi connectivity index (χ4v) is 2.32. The van der Waals surface area contributed by atoms with E-state index in [0.29, 0.717) is 0 Å². The highest BCUT2D eigenvalue weighted by atomic mass is 16.6. The zero-order valence-corrected chi connectivity index (χ0v) is 9.02. The monoisotopic (exact) mass is 213 g/mol. The Balaban J connectivity index is 1.81. The van der Waals surface area contributed by atoms with E-state index in [-0.39, 0.29) is 12.2 Å². The van der Waals surface area contributed by atoms with Gasteiger partial charge in [-0.15, -0.1) is 0 Å². The maximum absolute atomic E-state index is 11.7. The Bertz CT molecular complexity index is 226. The molecule has 2 rings (SSSR count). The standard InChI is InChI=1S/C11H19NO3/c13-9-5-1-2-6-10(9)15-11(14)12-7-3-4-8-12/h9-10,13H,1-8H2/t9-,10+/m0/s1. The molecule has 15 heavy (non-hydrogen) atoms. The number of aliphatic hydroxyl groups is 1. The molecule has 2 fully saturated rings. The summed E-state index contributed by atoms with van der Waals surface area (Å²) in [5.74, 6) is 0. The van der Waals surface area contributed by atoms with Gasteiger partial charge in [-0.05, 0) is 32.1 Å². The molecule has 1 heterocycles.